The minimum absolute atomic E-state index is 0.148. The van der Waals surface area contributed by atoms with E-state index < -0.39 is 11.6 Å². The predicted octanol–water partition coefficient (Wildman–Crippen LogP) is 1.44. The van der Waals surface area contributed by atoms with Crippen molar-refractivity contribution in [2.45, 2.75) is 26.0 Å². The van der Waals surface area contributed by atoms with Crippen LogP contribution in [0, 0.1) is 0 Å². The Hall–Kier alpha value is -1.84. The lowest BCUT2D eigenvalue weighted by Gasteiger charge is -2.17. The number of carbonyl (C=O) groups is 1. The van der Waals surface area contributed by atoms with Crippen molar-refractivity contribution in [3.05, 3.63) is 46.4 Å². The molecule has 0 saturated carbocycles. The molecule has 16 heavy (non-hydrogen) atoms. The Bertz CT molecular complexity index is 526. The van der Waals surface area contributed by atoms with Gasteiger partial charge in [-0.1, -0.05) is 6.08 Å². The van der Waals surface area contributed by atoms with Gasteiger partial charge < -0.3 is 9.30 Å². The summed E-state index contributed by atoms with van der Waals surface area (Å²) in [5.74, 6) is -0.539. The predicted molar refractivity (Wildman–Crippen MR) is 59.3 cm³/mol. The van der Waals surface area contributed by atoms with E-state index in [0.717, 1.165) is 0 Å². The van der Waals surface area contributed by atoms with Crippen molar-refractivity contribution in [3.63, 3.8) is 0 Å². The van der Waals surface area contributed by atoms with Gasteiger partial charge in [-0.15, -0.1) is 6.58 Å². The number of cyclic esters (lactones) is 1. The van der Waals surface area contributed by atoms with Gasteiger partial charge in [0.1, 0.15) is 11.2 Å². The molecule has 0 saturated heterocycles. The summed E-state index contributed by atoms with van der Waals surface area (Å²) in [6.45, 7) is 7.49. The molecule has 1 aromatic heterocycles. The third kappa shape index (κ3) is 1.38. The lowest BCUT2D eigenvalue weighted by molar-refractivity contribution is 0.00950. The Balaban J connectivity index is 2.68. The van der Waals surface area contributed by atoms with Crippen LogP contribution >= 0.6 is 0 Å². The molecule has 2 rings (SSSR count). The number of hydrogen-bond acceptors (Lipinski definition) is 3. The van der Waals surface area contributed by atoms with Crippen LogP contribution in [0.25, 0.3) is 0 Å². The first-order chi connectivity index (χ1) is 7.47. The van der Waals surface area contributed by atoms with Crippen molar-refractivity contribution in [3.8, 4) is 0 Å². The van der Waals surface area contributed by atoms with E-state index in [1.807, 2.05) is 0 Å². The number of hydrogen-bond donors (Lipinski definition) is 0. The molecule has 0 radical (unpaired) electrons. The number of pyridine rings is 1. The maximum Gasteiger partial charge on any atom is 0.345 e. The summed E-state index contributed by atoms with van der Waals surface area (Å²) in [5, 5.41) is 0. The second kappa shape index (κ2) is 3.33. The normalized spacial score (nSPS) is 16.8. The Morgan fingerprint density at radius 3 is 2.81 bits per heavy atom. The summed E-state index contributed by atoms with van der Waals surface area (Å²) < 4.78 is 6.59. The van der Waals surface area contributed by atoms with Crippen LogP contribution in [-0.2, 0) is 16.9 Å². The number of ether oxygens (including phenoxy) is 1. The highest BCUT2D eigenvalue weighted by Gasteiger charge is 2.40. The number of esters is 1. The van der Waals surface area contributed by atoms with Crippen LogP contribution in [0.5, 0.6) is 0 Å². The standard InChI is InChI=1S/C12H13NO3/c1-4-6-13-7-5-8-9(10(13)14)11(15)16-12(8,2)3/h4-5,7H,1,6H2,2-3H3. The molecule has 2 heterocycles. The van der Waals surface area contributed by atoms with Crippen LogP contribution in [0.15, 0.2) is 29.7 Å². The molecule has 1 aliphatic heterocycles. The maximum atomic E-state index is 12.0. The van der Waals surface area contributed by atoms with Crippen LogP contribution in [0.1, 0.15) is 29.8 Å². The van der Waals surface area contributed by atoms with Crippen LogP contribution in [0.4, 0.5) is 0 Å². The fourth-order valence-electron chi connectivity index (χ4n) is 1.89. The topological polar surface area (TPSA) is 48.3 Å². The van der Waals surface area contributed by atoms with Crippen molar-refractivity contribution in [2.24, 2.45) is 0 Å². The summed E-state index contributed by atoms with van der Waals surface area (Å²) in [7, 11) is 0. The molecule has 0 fully saturated rings. The molecule has 1 aliphatic rings. The second-order valence-corrected chi connectivity index (χ2v) is 4.25. The van der Waals surface area contributed by atoms with E-state index in [-0.39, 0.29) is 11.1 Å². The molecule has 0 bridgehead atoms. The summed E-state index contributed by atoms with van der Waals surface area (Å²) in [5.41, 5.74) is -0.219. The van der Waals surface area contributed by atoms with Gasteiger partial charge in [-0.2, -0.15) is 0 Å². The van der Waals surface area contributed by atoms with E-state index in [2.05, 4.69) is 6.58 Å². The zero-order valence-corrected chi connectivity index (χ0v) is 9.32. The van der Waals surface area contributed by atoms with E-state index in [1.165, 1.54) is 4.57 Å². The van der Waals surface area contributed by atoms with Crippen LogP contribution < -0.4 is 5.56 Å². The van der Waals surface area contributed by atoms with E-state index in [0.29, 0.717) is 12.1 Å². The van der Waals surface area contributed by atoms with E-state index in [9.17, 15) is 9.59 Å². The molecule has 0 atom stereocenters. The molecular weight excluding hydrogens is 206 g/mol. The molecule has 1 aromatic rings. The first-order valence-electron chi connectivity index (χ1n) is 5.05. The minimum atomic E-state index is -0.709. The van der Waals surface area contributed by atoms with Gasteiger partial charge >= 0.3 is 5.97 Å². The number of nitrogens with zero attached hydrogens (tertiary/aromatic N) is 1. The summed E-state index contributed by atoms with van der Waals surface area (Å²) in [6.07, 6.45) is 3.27. The largest absolute Gasteiger partial charge is 0.451 e. The second-order valence-electron chi connectivity index (χ2n) is 4.25. The van der Waals surface area contributed by atoms with Crippen LogP contribution in [-0.4, -0.2) is 10.5 Å². The fraction of sp³-hybridized carbons (Fsp3) is 0.333. The van der Waals surface area contributed by atoms with Crippen LogP contribution in [0.3, 0.4) is 0 Å². The number of rotatable bonds is 2. The quantitative estimate of drug-likeness (QED) is 0.558. The van der Waals surface area contributed by atoms with E-state index in [1.54, 1.807) is 32.2 Å². The Morgan fingerprint density at radius 2 is 2.19 bits per heavy atom. The van der Waals surface area contributed by atoms with Crippen molar-refractivity contribution in [1.82, 2.24) is 4.57 Å². The molecular formula is C12H13NO3. The molecule has 0 spiro atoms. The van der Waals surface area contributed by atoms with Gasteiger partial charge in [0.15, 0.2) is 0 Å². The van der Waals surface area contributed by atoms with Crippen molar-refractivity contribution in [1.29, 1.82) is 0 Å². The smallest absolute Gasteiger partial charge is 0.345 e. The molecule has 0 aromatic carbocycles. The monoisotopic (exact) mass is 219 g/mol. The number of aromatic nitrogens is 1. The first kappa shape index (κ1) is 10.7. The average molecular weight is 219 g/mol. The maximum absolute atomic E-state index is 12.0. The summed E-state index contributed by atoms with van der Waals surface area (Å²) in [4.78, 5) is 23.6. The highest BCUT2D eigenvalue weighted by Crippen LogP contribution is 2.33. The van der Waals surface area contributed by atoms with E-state index in [4.69, 9.17) is 4.74 Å². The molecule has 0 N–H and O–H groups in total. The number of carbonyl (C=O) groups excluding carboxylic acids is 1. The molecule has 84 valence electrons. The summed E-state index contributed by atoms with van der Waals surface area (Å²) in [6, 6.07) is 1.76. The lowest BCUT2D eigenvalue weighted by atomic mass is 9.98. The van der Waals surface area contributed by atoms with Crippen LogP contribution in [0.2, 0.25) is 0 Å². The molecule has 4 heteroatoms. The zero-order valence-electron chi connectivity index (χ0n) is 9.32. The minimum Gasteiger partial charge on any atom is -0.451 e. The van der Waals surface area contributed by atoms with Gasteiger partial charge in [0.25, 0.3) is 5.56 Å². The molecule has 0 aliphatic carbocycles. The van der Waals surface area contributed by atoms with Crippen molar-refractivity contribution >= 4 is 5.97 Å². The van der Waals surface area contributed by atoms with Gasteiger partial charge in [-0.05, 0) is 19.9 Å². The average Bonchev–Trinajstić information content (AvgIpc) is 2.42. The van der Waals surface area contributed by atoms with Crippen molar-refractivity contribution in [2.75, 3.05) is 0 Å². The van der Waals surface area contributed by atoms with Gasteiger partial charge in [0, 0.05) is 18.3 Å². The Morgan fingerprint density at radius 1 is 1.50 bits per heavy atom. The first-order valence-corrected chi connectivity index (χ1v) is 5.05. The van der Waals surface area contributed by atoms with Gasteiger partial charge in [-0.3, -0.25) is 4.79 Å². The van der Waals surface area contributed by atoms with Crippen molar-refractivity contribution < 1.29 is 9.53 Å². The highest BCUT2D eigenvalue weighted by molar-refractivity contribution is 5.94. The SMILES string of the molecule is C=CCn1ccc2c(c1=O)C(=O)OC2(C)C. The molecule has 4 nitrogen and oxygen atoms in total. The van der Waals surface area contributed by atoms with E-state index >= 15 is 0 Å². The van der Waals surface area contributed by atoms with Gasteiger partial charge in [0.2, 0.25) is 0 Å². The van der Waals surface area contributed by atoms with Gasteiger partial charge in [0.05, 0.1) is 0 Å². The molecule has 0 amide bonds. The molecule has 0 unspecified atom stereocenters. The summed E-state index contributed by atoms with van der Waals surface area (Å²) >= 11 is 0. The Labute approximate surface area is 93.2 Å². The lowest BCUT2D eigenvalue weighted by Crippen LogP contribution is -2.25. The fourth-order valence-corrected chi connectivity index (χ4v) is 1.89. The number of fused-ring (bicyclic) bond motifs is 1. The zero-order chi connectivity index (χ0) is 11.9. The third-order valence-corrected chi connectivity index (χ3v) is 2.69. The third-order valence-electron chi connectivity index (χ3n) is 2.69. The van der Waals surface area contributed by atoms with Gasteiger partial charge in [-0.25, -0.2) is 4.79 Å². The Kier molecular flexibility index (Phi) is 2.22. The highest BCUT2D eigenvalue weighted by atomic mass is 16.6. The number of allylic oxidation sites excluding steroid dienone is 1.